The first-order valence-corrected chi connectivity index (χ1v) is 7.73. The molecule has 1 aromatic carbocycles. The van der Waals surface area contributed by atoms with E-state index in [9.17, 15) is 14.4 Å². The second-order valence-corrected chi connectivity index (χ2v) is 5.59. The van der Waals surface area contributed by atoms with Crippen LogP contribution in [0.2, 0.25) is 0 Å². The van der Waals surface area contributed by atoms with E-state index in [1.165, 1.54) is 0 Å². The fourth-order valence-electron chi connectivity index (χ4n) is 1.87. The molecule has 2 atom stereocenters. The Labute approximate surface area is 137 Å². The number of amides is 2. The van der Waals surface area contributed by atoms with Crippen molar-refractivity contribution in [1.82, 2.24) is 10.4 Å². The van der Waals surface area contributed by atoms with E-state index >= 15 is 0 Å². The standard InChI is InChI=1S/C15H22N3O4P/c1-10(2)14(18-23)15(21)16-7-13(20)17-12-5-3-11(4-6-12)8-22-9-19/h3-6,9-10,14,18H,7-8,23H2,1-2H3,(H,16,21)(H,17,20). The maximum atomic E-state index is 11.9. The zero-order valence-electron chi connectivity index (χ0n) is 13.2. The quantitative estimate of drug-likeness (QED) is 0.457. The highest BCUT2D eigenvalue weighted by Crippen LogP contribution is 2.10. The van der Waals surface area contributed by atoms with Crippen LogP contribution in [0.1, 0.15) is 19.4 Å². The lowest BCUT2D eigenvalue weighted by molar-refractivity contribution is -0.129. The van der Waals surface area contributed by atoms with Crippen LogP contribution in [-0.4, -0.2) is 30.9 Å². The maximum Gasteiger partial charge on any atom is 0.293 e. The predicted octanol–water partition coefficient (Wildman–Crippen LogP) is 0.819. The van der Waals surface area contributed by atoms with Gasteiger partial charge in [0.25, 0.3) is 6.47 Å². The van der Waals surface area contributed by atoms with Gasteiger partial charge in [0.15, 0.2) is 0 Å². The van der Waals surface area contributed by atoms with Gasteiger partial charge >= 0.3 is 0 Å². The number of anilines is 1. The fraction of sp³-hybridized carbons (Fsp3) is 0.400. The first-order chi connectivity index (χ1) is 11.0. The summed E-state index contributed by atoms with van der Waals surface area (Å²) in [6.07, 6.45) is 0. The highest BCUT2D eigenvalue weighted by atomic mass is 31.0. The summed E-state index contributed by atoms with van der Waals surface area (Å²) in [7, 11) is 2.31. The predicted molar refractivity (Wildman–Crippen MR) is 90.4 cm³/mol. The molecule has 0 aliphatic carbocycles. The van der Waals surface area contributed by atoms with Gasteiger partial charge < -0.3 is 15.4 Å². The van der Waals surface area contributed by atoms with E-state index in [0.29, 0.717) is 12.2 Å². The molecule has 0 bridgehead atoms. The normalized spacial score (nSPS) is 11.7. The summed E-state index contributed by atoms with van der Waals surface area (Å²) in [5.41, 5.74) is 1.42. The molecule has 1 rings (SSSR count). The smallest absolute Gasteiger partial charge is 0.293 e. The largest absolute Gasteiger partial charge is 0.463 e. The third kappa shape index (κ3) is 6.76. The molecule has 7 nitrogen and oxygen atoms in total. The van der Waals surface area contributed by atoms with Crippen molar-refractivity contribution in [2.45, 2.75) is 26.5 Å². The Morgan fingerprint density at radius 2 is 1.91 bits per heavy atom. The number of benzene rings is 1. The number of ether oxygens (including phenoxy) is 1. The van der Waals surface area contributed by atoms with Crippen LogP contribution in [0.4, 0.5) is 5.69 Å². The number of carbonyl (C=O) groups is 3. The lowest BCUT2D eigenvalue weighted by atomic mass is 10.1. The molecule has 23 heavy (non-hydrogen) atoms. The molecule has 3 N–H and O–H groups in total. The van der Waals surface area contributed by atoms with Crippen molar-refractivity contribution in [3.8, 4) is 0 Å². The Kier molecular flexibility index (Phi) is 8.22. The van der Waals surface area contributed by atoms with E-state index in [1.807, 2.05) is 13.8 Å². The van der Waals surface area contributed by atoms with Crippen molar-refractivity contribution in [3.63, 3.8) is 0 Å². The number of nitrogens with one attached hydrogen (secondary N) is 3. The third-order valence-electron chi connectivity index (χ3n) is 3.11. The lowest BCUT2D eigenvalue weighted by Crippen LogP contribution is -2.46. The van der Waals surface area contributed by atoms with Gasteiger partial charge in [-0.25, -0.2) is 0 Å². The van der Waals surface area contributed by atoms with Gasteiger partial charge in [-0.3, -0.25) is 19.5 Å². The number of rotatable bonds is 9. The Hall–Kier alpha value is -1.98. The van der Waals surface area contributed by atoms with Crippen LogP contribution in [0.5, 0.6) is 0 Å². The van der Waals surface area contributed by atoms with Crippen molar-refractivity contribution in [2.75, 3.05) is 11.9 Å². The van der Waals surface area contributed by atoms with Gasteiger partial charge in [-0.15, -0.1) is 0 Å². The average Bonchev–Trinajstić information content (AvgIpc) is 2.52. The molecule has 0 aromatic heterocycles. The van der Waals surface area contributed by atoms with Gasteiger partial charge in [-0.1, -0.05) is 35.4 Å². The van der Waals surface area contributed by atoms with Crippen molar-refractivity contribution < 1.29 is 19.1 Å². The topological polar surface area (TPSA) is 96.5 Å². The number of hydrogen-bond acceptors (Lipinski definition) is 5. The molecule has 0 saturated carbocycles. The average molecular weight is 339 g/mol. The van der Waals surface area contributed by atoms with Gasteiger partial charge in [0, 0.05) is 5.69 Å². The summed E-state index contributed by atoms with van der Waals surface area (Å²) >= 11 is 0. The summed E-state index contributed by atoms with van der Waals surface area (Å²) < 4.78 is 4.63. The van der Waals surface area contributed by atoms with Crippen molar-refractivity contribution >= 4 is 33.4 Å². The molecule has 0 saturated heterocycles. The summed E-state index contributed by atoms with van der Waals surface area (Å²) in [6, 6.07) is 6.51. The molecule has 8 heteroatoms. The van der Waals surface area contributed by atoms with E-state index in [1.54, 1.807) is 24.3 Å². The van der Waals surface area contributed by atoms with Crippen LogP contribution in [-0.2, 0) is 25.7 Å². The molecule has 126 valence electrons. The highest BCUT2D eigenvalue weighted by molar-refractivity contribution is 7.13. The summed E-state index contributed by atoms with van der Waals surface area (Å²) in [5.74, 6) is -0.440. The Balaban J connectivity index is 2.44. The number of carbonyl (C=O) groups excluding carboxylic acids is 3. The van der Waals surface area contributed by atoms with E-state index in [4.69, 9.17) is 0 Å². The van der Waals surface area contributed by atoms with Crippen molar-refractivity contribution in [3.05, 3.63) is 29.8 Å². The van der Waals surface area contributed by atoms with E-state index < -0.39 is 0 Å². The first kappa shape index (κ1) is 19.1. The lowest BCUT2D eigenvalue weighted by Gasteiger charge is -2.19. The zero-order valence-corrected chi connectivity index (χ0v) is 14.3. The molecule has 1 aromatic rings. The minimum absolute atomic E-state index is 0.107. The molecular weight excluding hydrogens is 317 g/mol. The molecule has 2 unspecified atom stereocenters. The third-order valence-corrected chi connectivity index (χ3v) is 3.47. The zero-order chi connectivity index (χ0) is 17.2. The van der Waals surface area contributed by atoms with E-state index in [2.05, 4.69) is 29.8 Å². The van der Waals surface area contributed by atoms with Gasteiger partial charge in [0.2, 0.25) is 11.8 Å². The summed E-state index contributed by atoms with van der Waals surface area (Å²) in [4.78, 5) is 33.9. The molecule has 0 heterocycles. The van der Waals surface area contributed by atoms with Crippen LogP contribution in [0.3, 0.4) is 0 Å². The monoisotopic (exact) mass is 339 g/mol. The Morgan fingerprint density at radius 1 is 1.26 bits per heavy atom. The second kappa shape index (κ2) is 9.92. The van der Waals surface area contributed by atoms with E-state index in [0.717, 1.165) is 5.56 Å². The van der Waals surface area contributed by atoms with Crippen LogP contribution >= 0.6 is 9.39 Å². The SMILES string of the molecule is CC(C)C(NP)C(=O)NCC(=O)Nc1ccc(COC=O)cc1. The van der Waals surface area contributed by atoms with Gasteiger partial charge in [-0.05, 0) is 23.6 Å². The van der Waals surface area contributed by atoms with Crippen LogP contribution in [0, 0.1) is 5.92 Å². The van der Waals surface area contributed by atoms with Crippen molar-refractivity contribution in [1.29, 1.82) is 0 Å². The van der Waals surface area contributed by atoms with Crippen LogP contribution < -0.4 is 15.7 Å². The second-order valence-electron chi connectivity index (χ2n) is 5.26. The van der Waals surface area contributed by atoms with Gasteiger partial charge in [0.1, 0.15) is 6.61 Å². The molecule has 0 spiro atoms. The van der Waals surface area contributed by atoms with E-state index in [-0.39, 0.29) is 36.9 Å². The van der Waals surface area contributed by atoms with Crippen LogP contribution in [0.25, 0.3) is 0 Å². The van der Waals surface area contributed by atoms with Crippen LogP contribution in [0.15, 0.2) is 24.3 Å². The molecule has 0 aliphatic rings. The summed E-state index contributed by atoms with van der Waals surface area (Å²) in [6.45, 7) is 4.29. The summed E-state index contributed by atoms with van der Waals surface area (Å²) in [5, 5.41) is 8.10. The minimum Gasteiger partial charge on any atom is -0.463 e. The molecule has 0 radical (unpaired) electrons. The Morgan fingerprint density at radius 3 is 2.43 bits per heavy atom. The Bertz CT molecular complexity index is 534. The van der Waals surface area contributed by atoms with Crippen molar-refractivity contribution in [2.24, 2.45) is 5.92 Å². The minimum atomic E-state index is -0.370. The first-order valence-electron chi connectivity index (χ1n) is 7.15. The van der Waals surface area contributed by atoms with Gasteiger partial charge in [-0.2, -0.15) is 0 Å². The van der Waals surface area contributed by atoms with Gasteiger partial charge in [0.05, 0.1) is 12.6 Å². The molecule has 2 amide bonds. The molecular formula is C15H22N3O4P. The fourth-order valence-corrected chi connectivity index (χ4v) is 2.40. The maximum absolute atomic E-state index is 11.9. The molecule has 0 aliphatic heterocycles. The highest BCUT2D eigenvalue weighted by Gasteiger charge is 2.20. The number of hydrogen-bond donors (Lipinski definition) is 3. The molecule has 0 fully saturated rings.